The molecule has 2 unspecified atom stereocenters. The quantitative estimate of drug-likeness (QED) is 0.0789. The maximum Gasteiger partial charge on any atom is 0.355 e. The summed E-state index contributed by atoms with van der Waals surface area (Å²) in [7, 11) is 1.90. The maximum atomic E-state index is 13.6. The topological polar surface area (TPSA) is 153 Å². The van der Waals surface area contributed by atoms with Gasteiger partial charge in [-0.25, -0.2) is 14.8 Å². The minimum absolute atomic E-state index is 0.0227. The first-order chi connectivity index (χ1) is 28.9. The number of anilines is 2. The number of carboxylic acid groups (broad SMARTS) is 1. The average Bonchev–Trinajstić information content (AvgIpc) is 3.84. The molecule has 0 radical (unpaired) electrons. The van der Waals surface area contributed by atoms with Crippen LogP contribution >= 0.6 is 11.3 Å². The number of carbonyl (C=O) groups excluding carboxylic acids is 1. The number of amides is 1. The zero-order valence-electron chi connectivity index (χ0n) is 35.2. The van der Waals surface area contributed by atoms with Crippen LogP contribution in [-0.4, -0.2) is 89.9 Å². The Kier molecular flexibility index (Phi) is 11.8. The number of fused-ring (bicyclic) bond motifs is 4. The number of para-hydroxylation sites is 1. The maximum absolute atomic E-state index is 13.6. The van der Waals surface area contributed by atoms with Crippen molar-refractivity contribution >= 4 is 44.4 Å². The molecular weight excluding hydrogens is 779 g/mol. The Morgan fingerprint density at radius 1 is 0.933 bits per heavy atom. The van der Waals surface area contributed by atoms with Gasteiger partial charge in [0.2, 0.25) is 0 Å². The van der Waals surface area contributed by atoms with Crippen LogP contribution in [0, 0.1) is 23.2 Å². The number of benzene rings is 2. The minimum atomic E-state index is -1.11. The van der Waals surface area contributed by atoms with E-state index in [1.807, 2.05) is 78.2 Å². The van der Waals surface area contributed by atoms with Gasteiger partial charge in [0.25, 0.3) is 5.91 Å². The van der Waals surface area contributed by atoms with Crippen LogP contribution in [0.5, 0.6) is 0 Å². The lowest BCUT2D eigenvalue weighted by Crippen LogP contribution is -2.37. The molecule has 3 aliphatic rings. The number of thiazole rings is 1. The normalized spacial score (nSPS) is 20.6. The van der Waals surface area contributed by atoms with E-state index in [-0.39, 0.29) is 27.8 Å². The van der Waals surface area contributed by atoms with E-state index in [4.69, 9.17) is 24.3 Å². The number of carboxylic acids is 1. The number of allylic oxidation sites excluding steroid dienone is 2. The second kappa shape index (κ2) is 17.1. The smallest absolute Gasteiger partial charge is 0.355 e. The summed E-state index contributed by atoms with van der Waals surface area (Å²) in [5.74, 6) is 0.209. The molecule has 2 bridgehead atoms. The van der Waals surface area contributed by atoms with Crippen molar-refractivity contribution in [3.8, 4) is 11.1 Å². The van der Waals surface area contributed by atoms with Crippen LogP contribution in [0.1, 0.15) is 77.7 Å². The van der Waals surface area contributed by atoms with Gasteiger partial charge in [0.1, 0.15) is 12.4 Å². The van der Waals surface area contributed by atoms with Gasteiger partial charge in [0.15, 0.2) is 10.8 Å². The van der Waals surface area contributed by atoms with Crippen LogP contribution in [-0.2, 0) is 33.7 Å². The highest BCUT2D eigenvalue weighted by Crippen LogP contribution is 2.66. The number of hydrogen-bond donors (Lipinski definition) is 3. The molecule has 1 amide bonds. The molecule has 3 N–H and O–H groups in total. The largest absolute Gasteiger partial charge is 0.496 e. The molecule has 8 rings (SSSR count). The minimum Gasteiger partial charge on any atom is -0.496 e. The highest BCUT2D eigenvalue weighted by Gasteiger charge is 2.59. The molecule has 316 valence electrons. The molecule has 2 atom stereocenters. The second-order valence-corrected chi connectivity index (χ2v) is 18.4. The first-order valence-corrected chi connectivity index (χ1v) is 21.6. The Balaban J connectivity index is 0.982. The van der Waals surface area contributed by atoms with E-state index < -0.39 is 5.97 Å². The number of likely N-dealkylation sites (N-methyl/N-ethyl adjacent to an activating group) is 1. The number of aromatic nitrogens is 4. The molecule has 1 saturated carbocycles. The van der Waals surface area contributed by atoms with E-state index in [1.54, 1.807) is 6.20 Å². The van der Waals surface area contributed by atoms with E-state index in [9.17, 15) is 14.7 Å². The number of nitrogens with zero attached hydrogens (tertiary/aromatic N) is 5. The Morgan fingerprint density at radius 2 is 1.73 bits per heavy atom. The number of rotatable bonds is 17. The standard InChI is InChI=1S/C46H55N7O6S/c1-30-35(25-48-53(30)29-46-24-32(23-45(4,28-46)27-44(46,2)3)59-22-21-58-20-19-57-18-16-47-5)33-13-14-39(50-40(33)42(55)56)52-17-15-31-9-8-10-34(36(31)26-52)41(54)51-43-49-37-11-6-7-12-38(37)60-43/h6-14,24-25,47H,15-23,26-29H2,1-5H3,(H,55,56)(H,49,51,54). The molecule has 14 heteroatoms. The molecule has 1 aliphatic heterocycles. The van der Waals surface area contributed by atoms with E-state index >= 15 is 0 Å². The third-order valence-electron chi connectivity index (χ3n) is 12.6. The zero-order valence-corrected chi connectivity index (χ0v) is 36.0. The van der Waals surface area contributed by atoms with E-state index in [0.29, 0.717) is 81.2 Å². The van der Waals surface area contributed by atoms with Gasteiger partial charge >= 0.3 is 5.97 Å². The van der Waals surface area contributed by atoms with Crippen molar-refractivity contribution in [2.75, 3.05) is 63.4 Å². The molecule has 3 aromatic heterocycles. The highest BCUT2D eigenvalue weighted by molar-refractivity contribution is 7.22. The van der Waals surface area contributed by atoms with Gasteiger partial charge < -0.3 is 29.5 Å². The summed E-state index contributed by atoms with van der Waals surface area (Å²) in [6.07, 6.45) is 7.75. The Bertz CT molecular complexity index is 2390. The second-order valence-electron chi connectivity index (χ2n) is 17.4. The molecule has 2 aliphatic carbocycles. The van der Waals surface area contributed by atoms with Crippen LogP contribution in [0.3, 0.4) is 0 Å². The predicted octanol–water partition coefficient (Wildman–Crippen LogP) is 7.75. The van der Waals surface area contributed by atoms with E-state index in [2.05, 4.69) is 42.5 Å². The molecule has 13 nitrogen and oxygen atoms in total. The summed E-state index contributed by atoms with van der Waals surface area (Å²) < 4.78 is 20.7. The summed E-state index contributed by atoms with van der Waals surface area (Å²) in [5, 5.41) is 22.0. The van der Waals surface area contributed by atoms with Crippen LogP contribution in [0.4, 0.5) is 10.9 Å². The monoisotopic (exact) mass is 833 g/mol. The van der Waals surface area contributed by atoms with Crippen LogP contribution in [0.15, 0.2) is 72.6 Å². The fourth-order valence-electron chi connectivity index (χ4n) is 9.82. The zero-order chi connectivity index (χ0) is 42.1. The summed E-state index contributed by atoms with van der Waals surface area (Å²) in [6, 6.07) is 17.3. The predicted molar refractivity (Wildman–Crippen MR) is 234 cm³/mol. The van der Waals surface area contributed by atoms with Gasteiger partial charge in [0, 0.05) is 53.9 Å². The number of carbonyl (C=O) groups is 2. The van der Waals surface area contributed by atoms with Gasteiger partial charge in [-0.3, -0.25) is 14.8 Å². The molecule has 60 heavy (non-hydrogen) atoms. The van der Waals surface area contributed by atoms with Crippen LogP contribution in [0.25, 0.3) is 21.3 Å². The SMILES string of the molecule is CNCCOCCOCCOC1=CC2(Cn3ncc(-c4ccc(N5CCc6cccc(C(=O)Nc7nc8ccccc8s7)c6C5)nc4C(=O)O)c3C)CC(C)(C1)CC2(C)C. The number of hydrogen-bond acceptors (Lipinski definition) is 11. The van der Waals surface area contributed by atoms with Gasteiger partial charge in [-0.1, -0.05) is 56.4 Å². The third-order valence-corrected chi connectivity index (χ3v) is 13.6. The molecule has 2 aromatic carbocycles. The van der Waals surface area contributed by atoms with Crippen molar-refractivity contribution in [2.45, 2.75) is 66.5 Å². The van der Waals surface area contributed by atoms with Crippen LogP contribution in [0.2, 0.25) is 0 Å². The number of pyridine rings is 1. The fraction of sp³-hybridized carbons (Fsp3) is 0.457. The lowest BCUT2D eigenvalue weighted by atomic mass is 9.66. The highest BCUT2D eigenvalue weighted by atomic mass is 32.1. The lowest BCUT2D eigenvalue weighted by Gasteiger charge is -2.41. The Hall–Kier alpha value is -5.15. The first kappa shape index (κ1) is 41.6. The fourth-order valence-corrected chi connectivity index (χ4v) is 10.7. The van der Waals surface area contributed by atoms with Gasteiger partial charge in [-0.2, -0.15) is 5.10 Å². The van der Waals surface area contributed by atoms with Gasteiger partial charge in [0.05, 0.1) is 55.1 Å². The Morgan fingerprint density at radius 3 is 2.53 bits per heavy atom. The summed E-state index contributed by atoms with van der Waals surface area (Å²) in [4.78, 5) is 37.9. The molecular formula is C46H55N7O6S. The molecule has 0 saturated heterocycles. The van der Waals surface area contributed by atoms with Crippen molar-refractivity contribution in [1.82, 2.24) is 25.1 Å². The molecule has 4 heterocycles. The van der Waals surface area contributed by atoms with Crippen LogP contribution < -0.4 is 15.5 Å². The number of nitrogens with one attached hydrogen (secondary N) is 2. The van der Waals surface area contributed by atoms with Crippen molar-refractivity contribution in [3.05, 3.63) is 101 Å². The molecule has 5 aromatic rings. The first-order valence-electron chi connectivity index (χ1n) is 20.8. The third kappa shape index (κ3) is 8.43. The van der Waals surface area contributed by atoms with E-state index in [1.165, 1.54) is 11.3 Å². The van der Waals surface area contributed by atoms with Gasteiger partial charge in [-0.15, -0.1) is 0 Å². The molecule has 0 spiro atoms. The average molecular weight is 834 g/mol. The molecule has 1 fully saturated rings. The summed E-state index contributed by atoms with van der Waals surface area (Å²) in [6.45, 7) is 14.3. The lowest BCUT2D eigenvalue weighted by molar-refractivity contribution is 0.0225. The van der Waals surface area contributed by atoms with Crippen molar-refractivity contribution < 1.29 is 28.9 Å². The van der Waals surface area contributed by atoms with Gasteiger partial charge in [-0.05, 0) is 91.6 Å². The number of ether oxygens (including phenoxy) is 3. The summed E-state index contributed by atoms with van der Waals surface area (Å²) >= 11 is 1.44. The van der Waals surface area contributed by atoms with Crippen molar-refractivity contribution in [1.29, 1.82) is 0 Å². The van der Waals surface area contributed by atoms with Crippen molar-refractivity contribution in [2.24, 2.45) is 16.2 Å². The van der Waals surface area contributed by atoms with E-state index in [0.717, 1.165) is 64.2 Å². The van der Waals surface area contributed by atoms with Crippen molar-refractivity contribution in [3.63, 3.8) is 0 Å². The summed E-state index contributed by atoms with van der Waals surface area (Å²) in [5.41, 5.74) is 5.36. The Labute approximate surface area is 355 Å². The number of aromatic carboxylic acids is 1.